The molecule has 0 aromatic heterocycles. The van der Waals surface area contributed by atoms with Crippen LogP contribution in [0.3, 0.4) is 0 Å². The van der Waals surface area contributed by atoms with Crippen molar-refractivity contribution in [1.29, 1.82) is 0 Å². The van der Waals surface area contributed by atoms with Gasteiger partial charge in [0.1, 0.15) is 5.02 Å². The van der Waals surface area contributed by atoms with Crippen LogP contribution in [0.1, 0.15) is 6.92 Å². The third kappa shape index (κ3) is 2.13. The highest BCUT2D eigenvalue weighted by molar-refractivity contribution is 6.48. The standard InChI is InChI=1S/C8H7Cl3O2/c1-2-13-8-5(12)3-4(9)6(10)7(8)11/h3,12H,2H2,1H3. The molecule has 1 aromatic rings. The van der Waals surface area contributed by atoms with E-state index in [9.17, 15) is 5.11 Å². The SMILES string of the molecule is CCOc1c(O)cc(Cl)c(Cl)c1Cl. The van der Waals surface area contributed by atoms with Gasteiger partial charge in [0.25, 0.3) is 0 Å². The van der Waals surface area contributed by atoms with E-state index in [-0.39, 0.29) is 26.6 Å². The lowest BCUT2D eigenvalue weighted by Gasteiger charge is -2.09. The van der Waals surface area contributed by atoms with Gasteiger partial charge in [0.05, 0.1) is 16.7 Å². The van der Waals surface area contributed by atoms with Crippen molar-refractivity contribution in [2.24, 2.45) is 0 Å². The molecule has 0 aliphatic heterocycles. The molecule has 72 valence electrons. The van der Waals surface area contributed by atoms with Gasteiger partial charge < -0.3 is 9.84 Å². The first-order valence-electron chi connectivity index (χ1n) is 3.57. The Morgan fingerprint density at radius 1 is 1.31 bits per heavy atom. The molecule has 0 radical (unpaired) electrons. The zero-order valence-corrected chi connectivity index (χ0v) is 9.04. The van der Waals surface area contributed by atoms with E-state index in [0.29, 0.717) is 6.61 Å². The van der Waals surface area contributed by atoms with Gasteiger partial charge in [0, 0.05) is 6.07 Å². The van der Waals surface area contributed by atoms with Gasteiger partial charge in [0.15, 0.2) is 11.5 Å². The monoisotopic (exact) mass is 240 g/mol. The van der Waals surface area contributed by atoms with Crippen molar-refractivity contribution < 1.29 is 9.84 Å². The van der Waals surface area contributed by atoms with E-state index in [0.717, 1.165) is 0 Å². The minimum atomic E-state index is -0.110. The number of phenols is 1. The lowest BCUT2D eigenvalue weighted by atomic mass is 10.3. The van der Waals surface area contributed by atoms with Crippen LogP contribution in [-0.4, -0.2) is 11.7 Å². The smallest absolute Gasteiger partial charge is 0.181 e. The van der Waals surface area contributed by atoms with Crippen LogP contribution in [0, 0.1) is 0 Å². The third-order valence-corrected chi connectivity index (χ3v) is 2.63. The van der Waals surface area contributed by atoms with Crippen molar-refractivity contribution >= 4 is 34.8 Å². The fourth-order valence-corrected chi connectivity index (χ4v) is 1.49. The van der Waals surface area contributed by atoms with Gasteiger partial charge >= 0.3 is 0 Å². The molecule has 0 atom stereocenters. The second-order valence-corrected chi connectivity index (χ2v) is 3.43. The van der Waals surface area contributed by atoms with E-state index in [4.69, 9.17) is 39.5 Å². The maximum Gasteiger partial charge on any atom is 0.181 e. The van der Waals surface area contributed by atoms with E-state index in [1.54, 1.807) is 6.92 Å². The third-order valence-electron chi connectivity index (χ3n) is 1.39. The van der Waals surface area contributed by atoms with E-state index in [1.807, 2.05) is 0 Å². The van der Waals surface area contributed by atoms with Crippen LogP contribution in [0.5, 0.6) is 11.5 Å². The summed E-state index contributed by atoms with van der Waals surface area (Å²) < 4.78 is 5.08. The van der Waals surface area contributed by atoms with E-state index >= 15 is 0 Å². The van der Waals surface area contributed by atoms with Crippen LogP contribution in [0.15, 0.2) is 6.07 Å². The number of ether oxygens (including phenoxy) is 1. The fraction of sp³-hybridized carbons (Fsp3) is 0.250. The Morgan fingerprint density at radius 3 is 2.46 bits per heavy atom. The van der Waals surface area contributed by atoms with Gasteiger partial charge in [-0.05, 0) is 6.92 Å². The Bertz CT molecular complexity index is 326. The molecule has 0 saturated heterocycles. The minimum absolute atomic E-state index is 0.110. The van der Waals surface area contributed by atoms with Crippen molar-refractivity contribution in [2.45, 2.75) is 6.92 Å². The lowest BCUT2D eigenvalue weighted by molar-refractivity contribution is 0.318. The van der Waals surface area contributed by atoms with Gasteiger partial charge in [-0.2, -0.15) is 0 Å². The molecule has 5 heteroatoms. The van der Waals surface area contributed by atoms with Crippen molar-refractivity contribution in [3.63, 3.8) is 0 Å². The normalized spacial score (nSPS) is 10.2. The molecule has 0 unspecified atom stereocenters. The average molecular weight is 242 g/mol. The zero-order chi connectivity index (χ0) is 10.0. The number of hydrogen-bond donors (Lipinski definition) is 1. The van der Waals surface area contributed by atoms with Crippen LogP contribution in [0.2, 0.25) is 15.1 Å². The molecule has 1 aromatic carbocycles. The molecule has 13 heavy (non-hydrogen) atoms. The molecule has 0 bridgehead atoms. The molecule has 2 nitrogen and oxygen atoms in total. The summed E-state index contributed by atoms with van der Waals surface area (Å²) in [5, 5.41) is 9.89. The quantitative estimate of drug-likeness (QED) is 0.799. The van der Waals surface area contributed by atoms with E-state index < -0.39 is 0 Å². The number of hydrogen-bond acceptors (Lipinski definition) is 2. The topological polar surface area (TPSA) is 29.5 Å². The van der Waals surface area contributed by atoms with Gasteiger partial charge in [0.2, 0.25) is 0 Å². The molecular weight excluding hydrogens is 234 g/mol. The van der Waals surface area contributed by atoms with Crippen LogP contribution < -0.4 is 4.74 Å². The summed E-state index contributed by atoms with van der Waals surface area (Å²) in [6.45, 7) is 2.17. The van der Waals surface area contributed by atoms with Crippen LogP contribution in [0.25, 0.3) is 0 Å². The van der Waals surface area contributed by atoms with E-state index in [2.05, 4.69) is 0 Å². The summed E-state index contributed by atoms with van der Waals surface area (Å²) >= 11 is 17.2. The number of aromatic hydroxyl groups is 1. The molecule has 0 saturated carbocycles. The Hall–Kier alpha value is -0.310. The van der Waals surface area contributed by atoms with Crippen molar-refractivity contribution in [3.8, 4) is 11.5 Å². The molecule has 1 rings (SSSR count). The average Bonchev–Trinajstić information content (AvgIpc) is 2.09. The number of benzene rings is 1. The fourth-order valence-electron chi connectivity index (χ4n) is 0.848. The molecule has 1 N–H and O–H groups in total. The van der Waals surface area contributed by atoms with Gasteiger partial charge in [-0.15, -0.1) is 0 Å². The summed E-state index contributed by atoms with van der Waals surface area (Å²) in [6.07, 6.45) is 0. The predicted octanol–water partition coefficient (Wildman–Crippen LogP) is 3.75. The van der Waals surface area contributed by atoms with Crippen LogP contribution in [0.4, 0.5) is 0 Å². The van der Waals surface area contributed by atoms with Crippen LogP contribution >= 0.6 is 34.8 Å². The second kappa shape index (κ2) is 4.27. The predicted molar refractivity (Wildman–Crippen MR) is 54.3 cm³/mol. The van der Waals surface area contributed by atoms with Crippen LogP contribution in [-0.2, 0) is 0 Å². The molecule has 0 spiro atoms. The summed E-state index contributed by atoms with van der Waals surface area (Å²) in [4.78, 5) is 0. The highest BCUT2D eigenvalue weighted by Gasteiger charge is 2.14. The Kier molecular flexibility index (Phi) is 3.54. The van der Waals surface area contributed by atoms with E-state index in [1.165, 1.54) is 6.07 Å². The molecular formula is C8H7Cl3O2. The molecule has 0 fully saturated rings. The summed E-state index contributed by atoms with van der Waals surface area (Å²) in [5.74, 6) is 0.0554. The maximum absolute atomic E-state index is 9.38. The lowest BCUT2D eigenvalue weighted by Crippen LogP contribution is -1.93. The molecule has 0 heterocycles. The first-order chi connectivity index (χ1) is 6.07. The Morgan fingerprint density at radius 2 is 1.92 bits per heavy atom. The van der Waals surface area contributed by atoms with Gasteiger partial charge in [-0.25, -0.2) is 0 Å². The zero-order valence-electron chi connectivity index (χ0n) is 6.77. The van der Waals surface area contributed by atoms with Crippen molar-refractivity contribution in [2.75, 3.05) is 6.61 Å². The van der Waals surface area contributed by atoms with Gasteiger partial charge in [-0.3, -0.25) is 0 Å². The number of phenolic OH excluding ortho intramolecular Hbond substituents is 1. The van der Waals surface area contributed by atoms with Crippen molar-refractivity contribution in [3.05, 3.63) is 21.1 Å². The largest absolute Gasteiger partial charge is 0.504 e. The summed E-state index contributed by atoms with van der Waals surface area (Å²) in [5.41, 5.74) is 0. The summed E-state index contributed by atoms with van der Waals surface area (Å²) in [6, 6.07) is 1.29. The number of halogens is 3. The Labute approximate surface area is 91.0 Å². The highest BCUT2D eigenvalue weighted by atomic mass is 35.5. The second-order valence-electron chi connectivity index (χ2n) is 2.27. The number of rotatable bonds is 2. The first kappa shape index (κ1) is 10.8. The molecule has 0 amide bonds. The maximum atomic E-state index is 9.38. The van der Waals surface area contributed by atoms with Gasteiger partial charge in [-0.1, -0.05) is 34.8 Å². The minimum Gasteiger partial charge on any atom is -0.504 e. The molecule has 0 aliphatic carbocycles. The highest BCUT2D eigenvalue weighted by Crippen LogP contribution is 2.43. The summed E-state index contributed by atoms with van der Waals surface area (Å²) in [7, 11) is 0. The molecule has 0 aliphatic rings. The Balaban J connectivity index is 3.26. The first-order valence-corrected chi connectivity index (χ1v) is 4.70. The van der Waals surface area contributed by atoms with Crippen molar-refractivity contribution in [1.82, 2.24) is 0 Å².